The minimum Gasteiger partial charge on any atom is -0.383 e. The second kappa shape index (κ2) is 7.95. The first-order valence-corrected chi connectivity index (χ1v) is 8.76. The minimum atomic E-state index is -0.138. The van der Waals surface area contributed by atoms with E-state index < -0.39 is 0 Å². The molecule has 0 aliphatic carbocycles. The average Bonchev–Trinajstić information content (AvgIpc) is 3.13. The van der Waals surface area contributed by atoms with Crippen molar-refractivity contribution in [2.75, 3.05) is 17.2 Å². The van der Waals surface area contributed by atoms with Crippen LogP contribution in [0.3, 0.4) is 0 Å². The van der Waals surface area contributed by atoms with Gasteiger partial charge in [0.05, 0.1) is 16.8 Å². The first-order chi connectivity index (χ1) is 11.7. The van der Waals surface area contributed by atoms with Crippen LogP contribution in [0.4, 0.5) is 11.5 Å². The molecule has 24 heavy (non-hydrogen) atoms. The number of benzene rings is 1. The van der Waals surface area contributed by atoms with Crippen molar-refractivity contribution < 1.29 is 4.79 Å². The van der Waals surface area contributed by atoms with Crippen LogP contribution < -0.4 is 10.6 Å². The molecule has 2 aromatic heterocycles. The van der Waals surface area contributed by atoms with Gasteiger partial charge in [-0.3, -0.25) is 4.79 Å². The molecule has 1 aromatic carbocycles. The molecule has 0 saturated carbocycles. The number of halogens is 1. The lowest BCUT2D eigenvalue weighted by molar-refractivity contribution is 0.103. The number of hydrogen-bond donors (Lipinski definition) is 2. The van der Waals surface area contributed by atoms with Crippen molar-refractivity contribution in [3.63, 3.8) is 0 Å². The summed E-state index contributed by atoms with van der Waals surface area (Å²) in [6.07, 6.45) is 2.61. The molecule has 4 nitrogen and oxygen atoms in total. The van der Waals surface area contributed by atoms with Gasteiger partial charge in [0.25, 0.3) is 5.91 Å². The van der Waals surface area contributed by atoms with E-state index in [4.69, 9.17) is 11.6 Å². The molecule has 2 heterocycles. The second-order valence-electron chi connectivity index (χ2n) is 5.17. The van der Waals surface area contributed by atoms with Gasteiger partial charge in [0.15, 0.2) is 0 Å². The standard InChI is InChI=1S/C18H16ClN3OS/c19-14-5-3-13(4-6-14)9-10-20-15-7-8-17(21-12-15)22-18(23)16-2-1-11-24-16/h1-8,11-12,20H,9-10H2,(H,21,22,23). The summed E-state index contributed by atoms with van der Waals surface area (Å²) in [4.78, 5) is 16.9. The summed E-state index contributed by atoms with van der Waals surface area (Å²) in [5, 5.41) is 8.71. The Morgan fingerprint density at radius 2 is 1.96 bits per heavy atom. The number of aromatic nitrogens is 1. The fourth-order valence-corrected chi connectivity index (χ4v) is 2.91. The summed E-state index contributed by atoms with van der Waals surface area (Å²) in [5.74, 6) is 0.401. The van der Waals surface area contributed by atoms with E-state index in [0.29, 0.717) is 10.7 Å². The van der Waals surface area contributed by atoms with E-state index in [1.807, 2.05) is 41.8 Å². The summed E-state index contributed by atoms with van der Waals surface area (Å²) >= 11 is 7.27. The summed E-state index contributed by atoms with van der Waals surface area (Å²) in [6.45, 7) is 0.796. The van der Waals surface area contributed by atoms with E-state index in [2.05, 4.69) is 15.6 Å². The first kappa shape index (κ1) is 16.5. The Kier molecular flexibility index (Phi) is 5.46. The van der Waals surface area contributed by atoms with Crippen molar-refractivity contribution in [3.8, 4) is 0 Å². The maximum atomic E-state index is 11.9. The number of rotatable bonds is 6. The van der Waals surface area contributed by atoms with E-state index in [9.17, 15) is 4.79 Å². The number of anilines is 2. The molecule has 0 unspecified atom stereocenters. The third-order valence-corrected chi connectivity index (χ3v) is 4.53. The van der Waals surface area contributed by atoms with Crippen LogP contribution in [0.25, 0.3) is 0 Å². The van der Waals surface area contributed by atoms with Crippen LogP contribution in [0.1, 0.15) is 15.2 Å². The monoisotopic (exact) mass is 357 g/mol. The molecule has 6 heteroatoms. The number of amides is 1. The van der Waals surface area contributed by atoms with Crippen LogP contribution in [0.15, 0.2) is 60.1 Å². The minimum absolute atomic E-state index is 0.138. The third-order valence-electron chi connectivity index (χ3n) is 3.41. The zero-order valence-corrected chi connectivity index (χ0v) is 14.4. The molecule has 2 N–H and O–H groups in total. The Morgan fingerprint density at radius 3 is 2.62 bits per heavy atom. The zero-order chi connectivity index (χ0) is 16.8. The van der Waals surface area contributed by atoms with Crippen molar-refractivity contribution in [2.45, 2.75) is 6.42 Å². The largest absolute Gasteiger partial charge is 0.383 e. The summed E-state index contributed by atoms with van der Waals surface area (Å²) in [5.41, 5.74) is 2.14. The van der Waals surface area contributed by atoms with Crippen molar-refractivity contribution in [1.29, 1.82) is 0 Å². The van der Waals surface area contributed by atoms with Crippen LogP contribution >= 0.6 is 22.9 Å². The van der Waals surface area contributed by atoms with Crippen LogP contribution in [0.2, 0.25) is 5.02 Å². The van der Waals surface area contributed by atoms with Gasteiger partial charge in [0.1, 0.15) is 5.82 Å². The van der Waals surface area contributed by atoms with Crippen LogP contribution in [-0.2, 0) is 6.42 Å². The predicted octanol–water partition coefficient (Wildman–Crippen LogP) is 4.70. The SMILES string of the molecule is O=C(Nc1ccc(NCCc2ccc(Cl)cc2)cn1)c1cccs1. The predicted molar refractivity (Wildman–Crippen MR) is 100 cm³/mol. The number of carbonyl (C=O) groups is 1. The molecule has 0 radical (unpaired) electrons. The Hall–Kier alpha value is -2.37. The molecule has 0 bridgehead atoms. The molecular weight excluding hydrogens is 342 g/mol. The van der Waals surface area contributed by atoms with Gasteiger partial charge in [0.2, 0.25) is 0 Å². The second-order valence-corrected chi connectivity index (χ2v) is 6.55. The molecule has 0 fully saturated rings. The molecule has 0 saturated heterocycles. The fraction of sp³-hybridized carbons (Fsp3) is 0.111. The normalized spacial score (nSPS) is 10.4. The van der Waals surface area contributed by atoms with E-state index >= 15 is 0 Å². The Morgan fingerprint density at radius 1 is 1.12 bits per heavy atom. The van der Waals surface area contributed by atoms with Gasteiger partial charge in [-0.05, 0) is 47.7 Å². The number of nitrogens with zero attached hydrogens (tertiary/aromatic N) is 1. The summed E-state index contributed by atoms with van der Waals surface area (Å²) in [7, 11) is 0. The molecule has 3 aromatic rings. The lowest BCUT2D eigenvalue weighted by Gasteiger charge is -2.08. The molecule has 0 aliphatic rings. The van der Waals surface area contributed by atoms with Gasteiger partial charge in [-0.25, -0.2) is 4.98 Å². The molecule has 0 atom stereocenters. The fourth-order valence-electron chi connectivity index (χ4n) is 2.16. The van der Waals surface area contributed by atoms with Gasteiger partial charge in [-0.15, -0.1) is 11.3 Å². The summed E-state index contributed by atoms with van der Waals surface area (Å²) < 4.78 is 0. The maximum absolute atomic E-state index is 11.9. The molecule has 1 amide bonds. The van der Waals surface area contributed by atoms with Crippen molar-refractivity contribution in [3.05, 3.63) is 75.6 Å². The highest BCUT2D eigenvalue weighted by atomic mass is 35.5. The van der Waals surface area contributed by atoms with Gasteiger partial charge in [-0.1, -0.05) is 29.8 Å². The van der Waals surface area contributed by atoms with E-state index in [0.717, 1.165) is 23.7 Å². The maximum Gasteiger partial charge on any atom is 0.266 e. The third kappa shape index (κ3) is 4.57. The lowest BCUT2D eigenvalue weighted by Crippen LogP contribution is -2.11. The summed E-state index contributed by atoms with van der Waals surface area (Å²) in [6, 6.07) is 15.1. The Labute approximate surface area is 149 Å². The van der Waals surface area contributed by atoms with Crippen molar-refractivity contribution in [2.24, 2.45) is 0 Å². The van der Waals surface area contributed by atoms with Gasteiger partial charge >= 0.3 is 0 Å². The number of nitrogens with one attached hydrogen (secondary N) is 2. The van der Waals surface area contributed by atoms with Crippen LogP contribution in [0, 0.1) is 0 Å². The molecular formula is C18H16ClN3OS. The number of thiophene rings is 1. The number of carbonyl (C=O) groups excluding carboxylic acids is 1. The Bertz CT molecular complexity index is 786. The topological polar surface area (TPSA) is 54.0 Å². The van der Waals surface area contributed by atoms with Crippen molar-refractivity contribution >= 4 is 40.4 Å². The molecule has 122 valence electrons. The smallest absolute Gasteiger partial charge is 0.266 e. The molecule has 0 spiro atoms. The highest BCUT2D eigenvalue weighted by molar-refractivity contribution is 7.12. The van der Waals surface area contributed by atoms with Gasteiger partial charge in [0, 0.05) is 11.6 Å². The molecule has 0 aliphatic heterocycles. The van der Waals surface area contributed by atoms with E-state index in [1.165, 1.54) is 16.9 Å². The van der Waals surface area contributed by atoms with E-state index in [1.54, 1.807) is 18.3 Å². The lowest BCUT2D eigenvalue weighted by atomic mass is 10.1. The van der Waals surface area contributed by atoms with Crippen LogP contribution in [-0.4, -0.2) is 17.4 Å². The Balaban J connectivity index is 1.49. The molecule has 3 rings (SSSR count). The first-order valence-electron chi connectivity index (χ1n) is 7.50. The highest BCUT2D eigenvalue weighted by Crippen LogP contribution is 2.14. The van der Waals surface area contributed by atoms with Crippen LogP contribution in [0.5, 0.6) is 0 Å². The quantitative estimate of drug-likeness (QED) is 0.672. The number of pyridine rings is 1. The zero-order valence-electron chi connectivity index (χ0n) is 12.8. The van der Waals surface area contributed by atoms with E-state index in [-0.39, 0.29) is 5.91 Å². The average molecular weight is 358 g/mol. The number of hydrogen-bond acceptors (Lipinski definition) is 4. The van der Waals surface area contributed by atoms with Gasteiger partial charge in [-0.2, -0.15) is 0 Å². The highest BCUT2D eigenvalue weighted by Gasteiger charge is 2.07. The van der Waals surface area contributed by atoms with Gasteiger partial charge < -0.3 is 10.6 Å². The van der Waals surface area contributed by atoms with Crippen molar-refractivity contribution in [1.82, 2.24) is 4.98 Å².